The molecule has 0 unspecified atom stereocenters. The van der Waals surface area contributed by atoms with E-state index in [0.29, 0.717) is 0 Å². The van der Waals surface area contributed by atoms with E-state index in [-0.39, 0.29) is 28.2 Å². The molecule has 0 amide bonds. The van der Waals surface area contributed by atoms with E-state index in [9.17, 15) is 14.3 Å². The molecule has 0 saturated carbocycles. The van der Waals surface area contributed by atoms with Crippen molar-refractivity contribution in [1.82, 2.24) is 14.6 Å². The van der Waals surface area contributed by atoms with Gasteiger partial charge in [0.2, 0.25) is 0 Å². The normalized spacial score (nSPS) is 10.8. The second-order valence-corrected chi connectivity index (χ2v) is 4.24. The Morgan fingerprint density at radius 2 is 2.19 bits per heavy atom. The lowest BCUT2D eigenvalue weighted by atomic mass is 10.1. The van der Waals surface area contributed by atoms with Crippen molar-refractivity contribution in [3.63, 3.8) is 0 Å². The molecule has 2 heterocycles. The summed E-state index contributed by atoms with van der Waals surface area (Å²) < 4.78 is 20.6. The van der Waals surface area contributed by atoms with Crippen LogP contribution in [0.5, 0.6) is 5.75 Å². The zero-order valence-corrected chi connectivity index (χ0v) is 10.9. The van der Waals surface area contributed by atoms with E-state index in [4.69, 9.17) is 4.74 Å². The highest BCUT2D eigenvalue weighted by atomic mass is 19.1. The van der Waals surface area contributed by atoms with Crippen molar-refractivity contribution < 1.29 is 19.0 Å². The fraction of sp³-hybridized carbons (Fsp3) is 0.0714. The van der Waals surface area contributed by atoms with Crippen LogP contribution in [0.3, 0.4) is 0 Å². The average molecular weight is 287 g/mol. The highest BCUT2D eigenvalue weighted by molar-refractivity contribution is 6.01. The first-order valence-corrected chi connectivity index (χ1v) is 6.03. The topological polar surface area (TPSA) is 76.7 Å². The maximum Gasteiger partial charge on any atom is 0.341 e. The largest absolute Gasteiger partial charge is 0.494 e. The van der Waals surface area contributed by atoms with Crippen molar-refractivity contribution in [1.29, 1.82) is 0 Å². The van der Waals surface area contributed by atoms with Gasteiger partial charge in [-0.25, -0.2) is 18.7 Å². The number of rotatable bonds is 3. The third-order valence-corrected chi connectivity index (χ3v) is 3.05. The zero-order valence-electron chi connectivity index (χ0n) is 10.9. The first kappa shape index (κ1) is 13.0. The highest BCUT2D eigenvalue weighted by Crippen LogP contribution is 2.31. The Labute approximate surface area is 118 Å². The number of halogens is 1. The second kappa shape index (κ2) is 4.86. The Balaban J connectivity index is 2.35. The number of methoxy groups -OCH3 is 1. The molecule has 7 heteroatoms. The molecule has 6 nitrogen and oxygen atoms in total. The van der Waals surface area contributed by atoms with Gasteiger partial charge in [0.05, 0.1) is 7.11 Å². The first-order valence-electron chi connectivity index (χ1n) is 6.03. The van der Waals surface area contributed by atoms with Gasteiger partial charge >= 0.3 is 5.97 Å². The van der Waals surface area contributed by atoms with Crippen molar-refractivity contribution in [2.45, 2.75) is 0 Å². The van der Waals surface area contributed by atoms with E-state index in [1.165, 1.54) is 30.0 Å². The van der Waals surface area contributed by atoms with E-state index in [0.717, 1.165) is 0 Å². The van der Waals surface area contributed by atoms with Gasteiger partial charge in [0.15, 0.2) is 17.2 Å². The van der Waals surface area contributed by atoms with Gasteiger partial charge in [0, 0.05) is 18.0 Å². The zero-order chi connectivity index (χ0) is 15.0. The smallest absolute Gasteiger partial charge is 0.341 e. The number of aromatic carboxylic acids is 1. The van der Waals surface area contributed by atoms with E-state index < -0.39 is 11.8 Å². The molecule has 3 rings (SSSR count). The Morgan fingerprint density at radius 1 is 1.38 bits per heavy atom. The number of carboxylic acids is 1. The SMILES string of the molecule is COc1cccc(-c2nn3cccnc3c2C(=O)O)c1F. The second-order valence-electron chi connectivity index (χ2n) is 4.24. The third-order valence-electron chi connectivity index (χ3n) is 3.05. The Hall–Kier alpha value is -2.96. The minimum atomic E-state index is -1.22. The summed E-state index contributed by atoms with van der Waals surface area (Å²) in [7, 11) is 1.34. The summed E-state index contributed by atoms with van der Waals surface area (Å²) in [4.78, 5) is 15.5. The molecule has 1 aromatic carbocycles. The van der Waals surface area contributed by atoms with Crippen LogP contribution in [-0.2, 0) is 0 Å². The molecule has 21 heavy (non-hydrogen) atoms. The number of benzene rings is 1. The molecular formula is C14H10FN3O3. The number of hydrogen-bond acceptors (Lipinski definition) is 4. The minimum Gasteiger partial charge on any atom is -0.494 e. The van der Waals surface area contributed by atoms with Gasteiger partial charge < -0.3 is 9.84 Å². The molecule has 0 bridgehead atoms. The van der Waals surface area contributed by atoms with Crippen molar-refractivity contribution >= 4 is 11.6 Å². The number of nitrogens with zero attached hydrogens (tertiary/aromatic N) is 3. The summed E-state index contributed by atoms with van der Waals surface area (Å²) in [6.07, 6.45) is 3.01. The molecule has 0 aliphatic heterocycles. The van der Waals surface area contributed by atoms with Gasteiger partial charge in [-0.2, -0.15) is 5.10 Å². The third kappa shape index (κ3) is 1.99. The van der Waals surface area contributed by atoms with Gasteiger partial charge in [0.25, 0.3) is 0 Å². The Morgan fingerprint density at radius 3 is 2.90 bits per heavy atom. The van der Waals surface area contributed by atoms with Crippen molar-refractivity contribution in [2.75, 3.05) is 7.11 Å². The molecule has 1 N–H and O–H groups in total. The van der Waals surface area contributed by atoms with Crippen LogP contribution in [0, 0.1) is 5.82 Å². The summed E-state index contributed by atoms with van der Waals surface area (Å²) in [6.45, 7) is 0. The molecule has 0 saturated heterocycles. The number of carbonyl (C=O) groups is 1. The summed E-state index contributed by atoms with van der Waals surface area (Å²) in [5, 5.41) is 13.5. The average Bonchev–Trinajstić information content (AvgIpc) is 2.86. The van der Waals surface area contributed by atoms with Crippen LogP contribution in [0.4, 0.5) is 4.39 Å². The predicted molar refractivity (Wildman–Crippen MR) is 71.9 cm³/mol. The van der Waals surface area contributed by atoms with E-state index in [2.05, 4.69) is 10.1 Å². The summed E-state index contributed by atoms with van der Waals surface area (Å²) in [5.41, 5.74) is 0.0693. The molecule has 0 aliphatic rings. The number of aromatic nitrogens is 3. The monoisotopic (exact) mass is 287 g/mol. The van der Waals surface area contributed by atoms with Crippen LogP contribution >= 0.6 is 0 Å². The molecule has 0 aliphatic carbocycles. The van der Waals surface area contributed by atoms with Gasteiger partial charge in [-0.3, -0.25) is 0 Å². The molecule has 0 fully saturated rings. The number of carboxylic acid groups (broad SMARTS) is 1. The van der Waals surface area contributed by atoms with Gasteiger partial charge in [-0.05, 0) is 18.2 Å². The van der Waals surface area contributed by atoms with Crippen LogP contribution in [-0.4, -0.2) is 32.8 Å². The molecule has 0 radical (unpaired) electrons. The number of fused-ring (bicyclic) bond motifs is 1. The summed E-state index contributed by atoms with van der Waals surface area (Å²) >= 11 is 0. The van der Waals surface area contributed by atoms with E-state index in [1.807, 2.05) is 0 Å². The lowest BCUT2D eigenvalue weighted by Crippen LogP contribution is -2.00. The molecule has 2 aromatic heterocycles. The quantitative estimate of drug-likeness (QED) is 0.799. The lowest BCUT2D eigenvalue weighted by molar-refractivity contribution is 0.0699. The van der Waals surface area contributed by atoms with Gasteiger partial charge in [0.1, 0.15) is 11.3 Å². The van der Waals surface area contributed by atoms with E-state index in [1.54, 1.807) is 18.3 Å². The fourth-order valence-corrected chi connectivity index (χ4v) is 2.12. The number of hydrogen-bond donors (Lipinski definition) is 1. The lowest BCUT2D eigenvalue weighted by Gasteiger charge is -2.05. The first-order chi connectivity index (χ1) is 10.1. The highest BCUT2D eigenvalue weighted by Gasteiger charge is 2.24. The Bertz CT molecular complexity index is 845. The summed E-state index contributed by atoms with van der Waals surface area (Å²) in [5.74, 6) is -1.86. The number of ether oxygens (including phenoxy) is 1. The van der Waals surface area contributed by atoms with Crippen molar-refractivity contribution in [3.05, 3.63) is 48.0 Å². The molecule has 3 aromatic rings. The van der Waals surface area contributed by atoms with Gasteiger partial charge in [-0.1, -0.05) is 6.07 Å². The van der Waals surface area contributed by atoms with Crippen molar-refractivity contribution in [2.24, 2.45) is 0 Å². The minimum absolute atomic E-state index is 0.0117. The van der Waals surface area contributed by atoms with E-state index >= 15 is 0 Å². The van der Waals surface area contributed by atoms with Crippen LogP contribution in [0.2, 0.25) is 0 Å². The fourth-order valence-electron chi connectivity index (χ4n) is 2.12. The molecule has 106 valence electrons. The maximum absolute atomic E-state index is 14.3. The van der Waals surface area contributed by atoms with Crippen LogP contribution in [0.25, 0.3) is 16.9 Å². The van der Waals surface area contributed by atoms with Crippen LogP contribution in [0.15, 0.2) is 36.7 Å². The molecule has 0 atom stereocenters. The predicted octanol–water partition coefficient (Wildman–Crippen LogP) is 2.24. The van der Waals surface area contributed by atoms with Crippen LogP contribution < -0.4 is 4.74 Å². The maximum atomic E-state index is 14.3. The standard InChI is InChI=1S/C14H10FN3O3/c1-21-9-5-2-4-8(11(9)15)12-10(14(19)20)13-16-6-3-7-18(13)17-12/h2-7H,1H3,(H,19,20). The summed E-state index contributed by atoms with van der Waals surface area (Å²) in [6, 6.07) is 6.08. The van der Waals surface area contributed by atoms with Crippen molar-refractivity contribution in [3.8, 4) is 17.0 Å². The Kier molecular flexibility index (Phi) is 3.02. The van der Waals surface area contributed by atoms with Gasteiger partial charge in [-0.15, -0.1) is 0 Å². The van der Waals surface area contributed by atoms with Crippen LogP contribution in [0.1, 0.15) is 10.4 Å². The molecular weight excluding hydrogens is 277 g/mol. The molecule has 0 spiro atoms.